The Balaban J connectivity index is 1.41. The highest BCUT2D eigenvalue weighted by atomic mass is 19.1. The van der Waals surface area contributed by atoms with Crippen molar-refractivity contribution in [1.29, 1.82) is 0 Å². The smallest absolute Gasteiger partial charge is 0.292 e. The molecule has 172 valence electrons. The van der Waals surface area contributed by atoms with Crippen molar-refractivity contribution in [3.05, 3.63) is 59.4 Å². The van der Waals surface area contributed by atoms with E-state index in [2.05, 4.69) is 25.8 Å². The van der Waals surface area contributed by atoms with Crippen LogP contribution in [-0.2, 0) is 16.8 Å². The molecule has 33 heavy (non-hydrogen) atoms. The van der Waals surface area contributed by atoms with Crippen LogP contribution in [0.2, 0.25) is 0 Å². The highest BCUT2D eigenvalue weighted by Crippen LogP contribution is 2.34. The van der Waals surface area contributed by atoms with Crippen molar-refractivity contribution >= 4 is 17.6 Å². The summed E-state index contributed by atoms with van der Waals surface area (Å²) in [6.07, 6.45) is 0.822. The molecule has 4 rings (SSSR count). The summed E-state index contributed by atoms with van der Waals surface area (Å²) >= 11 is 0. The Bertz CT molecular complexity index is 1200. The molecule has 0 bridgehead atoms. The number of hydrogen-bond donors (Lipinski definition) is 2. The maximum Gasteiger partial charge on any atom is 0.292 e. The van der Waals surface area contributed by atoms with Gasteiger partial charge in [-0.1, -0.05) is 44.1 Å². The fourth-order valence-electron chi connectivity index (χ4n) is 3.28. The van der Waals surface area contributed by atoms with Crippen molar-refractivity contribution in [2.45, 2.75) is 52.2 Å². The molecule has 2 amide bonds. The van der Waals surface area contributed by atoms with Gasteiger partial charge in [0.2, 0.25) is 11.8 Å². The fraction of sp³-hybridized carbons (Fsp3) is 0.375. The van der Waals surface area contributed by atoms with Crippen LogP contribution in [-0.4, -0.2) is 33.1 Å². The summed E-state index contributed by atoms with van der Waals surface area (Å²) < 4.78 is 18.3. The molecule has 1 saturated carbocycles. The molecule has 3 aromatic rings. The molecule has 1 fully saturated rings. The first-order valence-electron chi connectivity index (χ1n) is 10.7. The standard InChI is InChI=1S/C24H26FN5O3/c1-13-9-14(15-7-8-26-19(10-15)28-21(31)17-11-18(17)25)5-6-16(13)12-27-22(32)20-29-23(33-30-20)24(2,3)4/h5-10,17-18H,11-12H2,1-4H3,(H,27,32)(H,26,28,31)/t17-,18+/m1/s1. The Morgan fingerprint density at radius 2 is 1.91 bits per heavy atom. The number of carbonyl (C=O) groups excluding carboxylic acids is 2. The quantitative estimate of drug-likeness (QED) is 0.587. The number of rotatable bonds is 6. The lowest BCUT2D eigenvalue weighted by Crippen LogP contribution is -2.24. The summed E-state index contributed by atoms with van der Waals surface area (Å²) in [5.74, 6) is -0.516. The maximum atomic E-state index is 13.1. The third-order valence-corrected chi connectivity index (χ3v) is 5.45. The first kappa shape index (κ1) is 22.6. The molecule has 2 atom stereocenters. The minimum Gasteiger partial charge on any atom is -0.345 e. The van der Waals surface area contributed by atoms with Crippen molar-refractivity contribution in [3.63, 3.8) is 0 Å². The molecule has 1 aliphatic rings. The second-order valence-electron chi connectivity index (χ2n) is 9.27. The van der Waals surface area contributed by atoms with Gasteiger partial charge in [0, 0.05) is 18.2 Å². The first-order chi connectivity index (χ1) is 15.6. The molecule has 1 aliphatic carbocycles. The second-order valence-corrected chi connectivity index (χ2v) is 9.27. The topological polar surface area (TPSA) is 110 Å². The van der Waals surface area contributed by atoms with Crippen molar-refractivity contribution in [2.24, 2.45) is 5.92 Å². The third-order valence-electron chi connectivity index (χ3n) is 5.45. The summed E-state index contributed by atoms with van der Waals surface area (Å²) in [7, 11) is 0. The normalized spacial score (nSPS) is 17.5. The number of hydrogen-bond acceptors (Lipinski definition) is 6. The van der Waals surface area contributed by atoms with Gasteiger partial charge in [-0.2, -0.15) is 4.98 Å². The number of halogens is 1. The number of nitrogens with zero attached hydrogens (tertiary/aromatic N) is 3. The summed E-state index contributed by atoms with van der Waals surface area (Å²) in [5.41, 5.74) is 3.39. The van der Waals surface area contributed by atoms with Crippen LogP contribution in [0.3, 0.4) is 0 Å². The van der Waals surface area contributed by atoms with E-state index >= 15 is 0 Å². The van der Waals surface area contributed by atoms with Crippen LogP contribution in [0, 0.1) is 12.8 Å². The van der Waals surface area contributed by atoms with Crippen LogP contribution >= 0.6 is 0 Å². The molecule has 2 N–H and O–H groups in total. The molecule has 2 heterocycles. The summed E-state index contributed by atoms with van der Waals surface area (Å²) in [6.45, 7) is 8.06. The Morgan fingerprint density at radius 3 is 2.55 bits per heavy atom. The molecular weight excluding hydrogens is 425 g/mol. The van der Waals surface area contributed by atoms with Gasteiger partial charge in [0.25, 0.3) is 11.7 Å². The largest absolute Gasteiger partial charge is 0.345 e. The van der Waals surface area contributed by atoms with Gasteiger partial charge < -0.3 is 15.2 Å². The monoisotopic (exact) mass is 451 g/mol. The van der Waals surface area contributed by atoms with Gasteiger partial charge in [-0.3, -0.25) is 9.59 Å². The number of aromatic nitrogens is 3. The van der Waals surface area contributed by atoms with Gasteiger partial charge in [0.05, 0.1) is 5.92 Å². The van der Waals surface area contributed by atoms with Crippen LogP contribution in [0.1, 0.15) is 54.8 Å². The van der Waals surface area contributed by atoms with E-state index in [9.17, 15) is 14.0 Å². The van der Waals surface area contributed by atoms with E-state index in [4.69, 9.17) is 4.52 Å². The number of anilines is 1. The highest BCUT2D eigenvalue weighted by Gasteiger charge is 2.43. The Hall–Kier alpha value is -3.62. The second kappa shape index (κ2) is 8.73. The first-order valence-corrected chi connectivity index (χ1v) is 10.7. The zero-order valence-corrected chi connectivity index (χ0v) is 19.0. The minimum absolute atomic E-state index is 0.00541. The minimum atomic E-state index is -1.05. The number of nitrogens with one attached hydrogen (secondary N) is 2. The third kappa shape index (κ3) is 5.24. The number of amides is 2. The van der Waals surface area contributed by atoms with Crippen LogP contribution < -0.4 is 10.6 Å². The van der Waals surface area contributed by atoms with Gasteiger partial charge in [-0.15, -0.1) is 0 Å². The zero-order valence-electron chi connectivity index (χ0n) is 19.0. The average Bonchev–Trinajstić information content (AvgIpc) is 3.28. The van der Waals surface area contributed by atoms with E-state index in [0.717, 1.165) is 22.3 Å². The van der Waals surface area contributed by atoms with Crippen LogP contribution in [0.25, 0.3) is 11.1 Å². The van der Waals surface area contributed by atoms with E-state index in [1.54, 1.807) is 12.3 Å². The molecule has 0 aliphatic heterocycles. The number of carbonyl (C=O) groups is 2. The van der Waals surface area contributed by atoms with Crippen molar-refractivity contribution in [2.75, 3.05) is 5.32 Å². The van der Waals surface area contributed by atoms with Crippen molar-refractivity contribution in [3.8, 4) is 11.1 Å². The van der Waals surface area contributed by atoms with Crippen LogP contribution in [0.15, 0.2) is 41.1 Å². The highest BCUT2D eigenvalue weighted by molar-refractivity contribution is 5.94. The van der Waals surface area contributed by atoms with Crippen molar-refractivity contribution in [1.82, 2.24) is 20.4 Å². The molecule has 1 aromatic carbocycles. The maximum absolute atomic E-state index is 13.1. The summed E-state index contributed by atoms with van der Waals surface area (Å²) in [4.78, 5) is 32.7. The lowest BCUT2D eigenvalue weighted by atomic mass is 9.97. The molecule has 2 aromatic heterocycles. The lowest BCUT2D eigenvalue weighted by Gasteiger charge is -2.11. The van der Waals surface area contributed by atoms with E-state index in [1.165, 1.54) is 0 Å². The van der Waals surface area contributed by atoms with Gasteiger partial charge in [0.1, 0.15) is 12.0 Å². The van der Waals surface area contributed by atoms with Gasteiger partial charge >= 0.3 is 0 Å². The average molecular weight is 452 g/mol. The molecule has 0 saturated heterocycles. The molecule has 0 radical (unpaired) electrons. The number of benzene rings is 1. The molecule has 9 heteroatoms. The summed E-state index contributed by atoms with van der Waals surface area (Å²) in [6, 6.07) is 9.45. The lowest BCUT2D eigenvalue weighted by molar-refractivity contribution is -0.117. The molecule has 0 spiro atoms. The predicted molar refractivity (Wildman–Crippen MR) is 120 cm³/mol. The van der Waals surface area contributed by atoms with Crippen LogP contribution in [0.4, 0.5) is 10.2 Å². The van der Waals surface area contributed by atoms with E-state index in [-0.39, 0.29) is 23.6 Å². The number of aryl methyl sites for hydroxylation is 1. The Labute approximate surface area is 191 Å². The van der Waals surface area contributed by atoms with Gasteiger partial charge in [-0.05, 0) is 47.7 Å². The molecule has 8 nitrogen and oxygen atoms in total. The number of pyridine rings is 1. The van der Waals surface area contributed by atoms with E-state index in [1.807, 2.05) is 52.0 Å². The molecular formula is C24H26FN5O3. The fourth-order valence-corrected chi connectivity index (χ4v) is 3.28. The number of alkyl halides is 1. The predicted octanol–water partition coefficient (Wildman–Crippen LogP) is 3.96. The van der Waals surface area contributed by atoms with E-state index < -0.39 is 18.0 Å². The van der Waals surface area contributed by atoms with E-state index in [0.29, 0.717) is 18.3 Å². The molecule has 0 unspecified atom stereocenters. The van der Waals surface area contributed by atoms with Gasteiger partial charge in [0.15, 0.2) is 0 Å². The zero-order chi connectivity index (χ0) is 23.8. The Kier molecular flexibility index (Phi) is 5.97. The summed E-state index contributed by atoms with van der Waals surface area (Å²) in [5, 5.41) is 9.26. The van der Waals surface area contributed by atoms with Crippen molar-refractivity contribution < 1.29 is 18.5 Å². The van der Waals surface area contributed by atoms with Crippen LogP contribution in [0.5, 0.6) is 0 Å². The van der Waals surface area contributed by atoms with Gasteiger partial charge in [-0.25, -0.2) is 9.37 Å². The SMILES string of the molecule is Cc1cc(-c2ccnc(NC(=O)[C@@H]3C[C@@H]3F)c2)ccc1CNC(=O)c1noc(C(C)(C)C)n1. The Morgan fingerprint density at radius 1 is 1.18 bits per heavy atom.